The summed E-state index contributed by atoms with van der Waals surface area (Å²) in [4.78, 5) is 2.52. The number of nitrogens with one attached hydrogen (secondary N) is 1. The normalized spacial score (nSPS) is 17.8. The van der Waals surface area contributed by atoms with Crippen LogP contribution >= 0.6 is 0 Å². The lowest BCUT2D eigenvalue weighted by Crippen LogP contribution is -2.35. The fourth-order valence-corrected chi connectivity index (χ4v) is 2.76. The maximum atomic E-state index is 6.08. The Labute approximate surface area is 116 Å². The molecule has 3 N–H and O–H groups in total. The van der Waals surface area contributed by atoms with Gasteiger partial charge in [0.25, 0.3) is 0 Å². The first-order valence-corrected chi connectivity index (χ1v) is 7.44. The van der Waals surface area contributed by atoms with Crippen molar-refractivity contribution in [3.8, 4) is 0 Å². The number of likely N-dealkylation sites (tertiary alicyclic amines) is 1. The molecule has 1 aromatic heterocycles. The fourth-order valence-electron chi connectivity index (χ4n) is 2.76. The van der Waals surface area contributed by atoms with E-state index >= 15 is 0 Å². The van der Waals surface area contributed by atoms with E-state index in [1.54, 1.807) is 0 Å². The summed E-state index contributed by atoms with van der Waals surface area (Å²) < 4.78 is 1.96. The predicted octanol–water partition coefficient (Wildman–Crippen LogP) is 1.94. The molecule has 1 fully saturated rings. The van der Waals surface area contributed by atoms with Gasteiger partial charge in [-0.25, -0.2) is 4.68 Å². The number of aryl methyl sites for hydroxylation is 2. The third kappa shape index (κ3) is 3.21. The van der Waals surface area contributed by atoms with Gasteiger partial charge < -0.3 is 16.0 Å². The van der Waals surface area contributed by atoms with E-state index in [0.29, 0.717) is 0 Å². The van der Waals surface area contributed by atoms with E-state index < -0.39 is 0 Å². The van der Waals surface area contributed by atoms with Crippen LogP contribution in [0.4, 0.5) is 11.5 Å². The Morgan fingerprint density at radius 2 is 1.95 bits per heavy atom. The van der Waals surface area contributed by atoms with Crippen LogP contribution in [0.15, 0.2) is 0 Å². The van der Waals surface area contributed by atoms with E-state index in [1.807, 2.05) is 11.6 Å². The smallest absolute Gasteiger partial charge is 0.148 e. The molecule has 1 aromatic rings. The molecule has 5 heteroatoms. The van der Waals surface area contributed by atoms with Crippen LogP contribution in [0.25, 0.3) is 0 Å². The van der Waals surface area contributed by atoms with Gasteiger partial charge in [0.05, 0.1) is 11.4 Å². The van der Waals surface area contributed by atoms with Crippen LogP contribution in [0.2, 0.25) is 0 Å². The first kappa shape index (κ1) is 14.2. The van der Waals surface area contributed by atoms with E-state index in [0.717, 1.165) is 36.2 Å². The summed E-state index contributed by atoms with van der Waals surface area (Å²) in [5.41, 5.74) is 7.80. The monoisotopic (exact) mass is 265 g/mol. The summed E-state index contributed by atoms with van der Waals surface area (Å²) in [5, 5.41) is 7.95. The summed E-state index contributed by atoms with van der Waals surface area (Å²) in [6.45, 7) is 11.8. The number of hydrogen-bond donors (Lipinski definition) is 2. The number of nitrogen functional groups attached to an aromatic ring is 1. The highest BCUT2D eigenvalue weighted by Gasteiger charge is 2.19. The summed E-state index contributed by atoms with van der Waals surface area (Å²) in [7, 11) is 0. The van der Waals surface area contributed by atoms with Crippen molar-refractivity contribution in [2.75, 3.05) is 37.2 Å². The van der Waals surface area contributed by atoms with Gasteiger partial charge in [-0.15, -0.1) is 0 Å². The molecule has 0 aliphatic carbocycles. The van der Waals surface area contributed by atoms with Crippen LogP contribution in [0, 0.1) is 12.8 Å². The number of nitrogens with zero attached hydrogens (tertiary/aromatic N) is 3. The Kier molecular flexibility index (Phi) is 4.69. The molecule has 0 spiro atoms. The van der Waals surface area contributed by atoms with Crippen molar-refractivity contribution in [2.45, 2.75) is 40.2 Å². The third-order valence-electron chi connectivity index (χ3n) is 4.19. The van der Waals surface area contributed by atoms with Crippen molar-refractivity contribution in [3.05, 3.63) is 5.69 Å². The molecule has 1 aliphatic heterocycles. The molecule has 19 heavy (non-hydrogen) atoms. The van der Waals surface area contributed by atoms with Crippen molar-refractivity contribution in [1.29, 1.82) is 0 Å². The van der Waals surface area contributed by atoms with Gasteiger partial charge in [-0.1, -0.05) is 6.92 Å². The Morgan fingerprint density at radius 1 is 1.26 bits per heavy atom. The van der Waals surface area contributed by atoms with E-state index in [2.05, 4.69) is 29.2 Å². The molecule has 0 radical (unpaired) electrons. The zero-order chi connectivity index (χ0) is 13.8. The SMILES string of the molecule is CCN1CCC(CNc2c(N)c(C)nn2CC)CC1. The van der Waals surface area contributed by atoms with Crippen LogP contribution in [-0.2, 0) is 6.54 Å². The number of aromatic nitrogens is 2. The average Bonchev–Trinajstić information content (AvgIpc) is 2.72. The molecule has 0 amide bonds. The highest BCUT2D eigenvalue weighted by molar-refractivity contribution is 5.64. The van der Waals surface area contributed by atoms with Gasteiger partial charge in [0, 0.05) is 13.1 Å². The van der Waals surface area contributed by atoms with Gasteiger partial charge in [0.2, 0.25) is 0 Å². The average molecular weight is 265 g/mol. The lowest BCUT2D eigenvalue weighted by Gasteiger charge is -2.31. The van der Waals surface area contributed by atoms with Gasteiger partial charge in [-0.05, 0) is 52.2 Å². The molecule has 1 aliphatic rings. The first-order valence-electron chi connectivity index (χ1n) is 7.44. The molecule has 0 bridgehead atoms. The topological polar surface area (TPSA) is 59.1 Å². The molecule has 0 saturated carbocycles. The van der Waals surface area contributed by atoms with Crippen LogP contribution in [0.5, 0.6) is 0 Å². The second-order valence-corrected chi connectivity index (χ2v) is 5.42. The predicted molar refractivity (Wildman–Crippen MR) is 80.4 cm³/mol. The highest BCUT2D eigenvalue weighted by Crippen LogP contribution is 2.24. The summed E-state index contributed by atoms with van der Waals surface area (Å²) >= 11 is 0. The zero-order valence-electron chi connectivity index (χ0n) is 12.4. The van der Waals surface area contributed by atoms with Gasteiger partial charge in [-0.2, -0.15) is 5.10 Å². The maximum absolute atomic E-state index is 6.08. The second-order valence-electron chi connectivity index (χ2n) is 5.42. The van der Waals surface area contributed by atoms with Crippen LogP contribution < -0.4 is 11.1 Å². The quantitative estimate of drug-likeness (QED) is 0.854. The highest BCUT2D eigenvalue weighted by atomic mass is 15.3. The summed E-state index contributed by atoms with van der Waals surface area (Å²) in [6, 6.07) is 0. The minimum Gasteiger partial charge on any atom is -0.394 e. The number of hydrogen-bond acceptors (Lipinski definition) is 4. The largest absolute Gasteiger partial charge is 0.394 e. The van der Waals surface area contributed by atoms with Gasteiger partial charge in [-0.3, -0.25) is 0 Å². The lowest BCUT2D eigenvalue weighted by molar-refractivity contribution is 0.198. The van der Waals surface area contributed by atoms with E-state index in [-0.39, 0.29) is 0 Å². The molecule has 0 atom stereocenters. The number of anilines is 2. The molecule has 108 valence electrons. The van der Waals surface area contributed by atoms with Gasteiger partial charge in [0.15, 0.2) is 0 Å². The summed E-state index contributed by atoms with van der Waals surface area (Å²) in [5.74, 6) is 1.75. The molecule has 0 aromatic carbocycles. The zero-order valence-corrected chi connectivity index (χ0v) is 12.4. The Morgan fingerprint density at radius 3 is 2.53 bits per heavy atom. The van der Waals surface area contributed by atoms with Crippen LogP contribution in [0.3, 0.4) is 0 Å². The van der Waals surface area contributed by atoms with Crippen LogP contribution in [0.1, 0.15) is 32.4 Å². The lowest BCUT2D eigenvalue weighted by atomic mass is 9.97. The minimum atomic E-state index is 0.753. The Balaban J connectivity index is 1.89. The van der Waals surface area contributed by atoms with Gasteiger partial charge in [0.1, 0.15) is 5.82 Å². The molecular weight excluding hydrogens is 238 g/mol. The van der Waals surface area contributed by atoms with E-state index in [1.165, 1.54) is 32.5 Å². The standard InChI is InChI=1S/C14H27N5/c1-4-18-8-6-12(7-9-18)10-16-14-13(15)11(3)17-19(14)5-2/h12,16H,4-10,15H2,1-3H3. The van der Waals surface area contributed by atoms with Crippen molar-refractivity contribution >= 4 is 11.5 Å². The molecule has 5 nitrogen and oxygen atoms in total. The van der Waals surface area contributed by atoms with Crippen LogP contribution in [-0.4, -0.2) is 40.9 Å². The molecule has 0 unspecified atom stereocenters. The van der Waals surface area contributed by atoms with E-state index in [9.17, 15) is 0 Å². The molecule has 2 rings (SSSR count). The first-order chi connectivity index (χ1) is 9.15. The van der Waals surface area contributed by atoms with Crippen molar-refractivity contribution in [1.82, 2.24) is 14.7 Å². The summed E-state index contributed by atoms with van der Waals surface area (Å²) in [6.07, 6.45) is 2.56. The fraction of sp³-hybridized carbons (Fsp3) is 0.786. The minimum absolute atomic E-state index is 0.753. The maximum Gasteiger partial charge on any atom is 0.148 e. The number of rotatable bonds is 5. The van der Waals surface area contributed by atoms with E-state index in [4.69, 9.17) is 5.73 Å². The Bertz CT molecular complexity index is 404. The molecular formula is C14H27N5. The van der Waals surface area contributed by atoms with Gasteiger partial charge >= 0.3 is 0 Å². The molecule has 2 heterocycles. The third-order valence-corrected chi connectivity index (χ3v) is 4.19. The molecule has 1 saturated heterocycles. The second kappa shape index (κ2) is 6.28. The van der Waals surface area contributed by atoms with Crippen molar-refractivity contribution in [3.63, 3.8) is 0 Å². The number of nitrogens with two attached hydrogens (primary N) is 1. The Hall–Kier alpha value is -1.23. The van der Waals surface area contributed by atoms with Crippen molar-refractivity contribution in [2.24, 2.45) is 5.92 Å². The van der Waals surface area contributed by atoms with Crippen molar-refractivity contribution < 1.29 is 0 Å². The number of piperidine rings is 1.